The number of carbonyl (C=O) groups is 4. The lowest BCUT2D eigenvalue weighted by Gasteiger charge is -2.38. The molecule has 19 heteroatoms. The number of nitrogens with one attached hydrogen (secondary N) is 1. The third-order valence-electron chi connectivity index (χ3n) is 13.1. The Hall–Kier alpha value is -6.73. The smallest absolute Gasteiger partial charge is 0.329 e. The zero-order valence-corrected chi connectivity index (χ0v) is 39.0. The van der Waals surface area contributed by atoms with Crippen LogP contribution in [0, 0.1) is 5.92 Å². The first-order valence-electron chi connectivity index (χ1n) is 22.7. The third-order valence-corrected chi connectivity index (χ3v) is 14.1. The Morgan fingerprint density at radius 1 is 0.821 bits per heavy atom. The van der Waals surface area contributed by atoms with E-state index < -0.39 is 39.5 Å². The maximum absolute atomic E-state index is 14.3. The van der Waals surface area contributed by atoms with Gasteiger partial charge in [-0.1, -0.05) is 6.07 Å². The highest BCUT2D eigenvalue weighted by Gasteiger charge is 2.45. The van der Waals surface area contributed by atoms with Crippen molar-refractivity contribution in [2.75, 3.05) is 92.8 Å². The maximum atomic E-state index is 14.3. The molecule has 3 aromatic carbocycles. The van der Waals surface area contributed by atoms with Crippen molar-refractivity contribution in [3.05, 3.63) is 89.6 Å². The Morgan fingerprint density at radius 2 is 1.57 bits per heavy atom. The summed E-state index contributed by atoms with van der Waals surface area (Å²) in [5.41, 5.74) is 2.82. The number of aryl methyl sites for hydroxylation is 1. The van der Waals surface area contributed by atoms with Crippen LogP contribution >= 0.6 is 0 Å². The number of pyridine rings is 1. The van der Waals surface area contributed by atoms with Crippen molar-refractivity contribution in [2.24, 2.45) is 13.0 Å². The molecular formula is C48H55N9O9S. The van der Waals surface area contributed by atoms with Crippen LogP contribution in [0.1, 0.15) is 64.9 Å². The van der Waals surface area contributed by atoms with E-state index >= 15 is 0 Å². The monoisotopic (exact) mass is 933 g/mol. The fraction of sp³-hybridized carbons (Fsp3) is 0.417. The lowest BCUT2D eigenvalue weighted by molar-refractivity contribution is -0.120. The molecule has 18 nitrogen and oxygen atoms in total. The third kappa shape index (κ3) is 9.47. The summed E-state index contributed by atoms with van der Waals surface area (Å²) in [6, 6.07) is 18.7. The number of amides is 5. The van der Waals surface area contributed by atoms with Crippen molar-refractivity contribution in [3.8, 4) is 23.0 Å². The lowest BCUT2D eigenvalue weighted by Crippen LogP contribution is -2.49. The summed E-state index contributed by atoms with van der Waals surface area (Å²) < 4.78 is 44.6. The number of rotatable bonds is 15. The van der Waals surface area contributed by atoms with Gasteiger partial charge in [0, 0.05) is 88.9 Å². The van der Waals surface area contributed by atoms with Gasteiger partial charge in [0.25, 0.3) is 11.8 Å². The van der Waals surface area contributed by atoms with Crippen LogP contribution in [0.5, 0.6) is 23.0 Å². The summed E-state index contributed by atoms with van der Waals surface area (Å²) in [6.45, 7) is 8.17. The molecule has 0 radical (unpaired) electrons. The average molecular weight is 934 g/mol. The van der Waals surface area contributed by atoms with E-state index in [0.29, 0.717) is 65.8 Å². The van der Waals surface area contributed by atoms with E-state index in [1.807, 2.05) is 44.3 Å². The number of nitrogens with zero attached hydrogens (tertiary/aromatic N) is 8. The van der Waals surface area contributed by atoms with Gasteiger partial charge in [-0.05, 0) is 98.8 Å². The van der Waals surface area contributed by atoms with E-state index in [2.05, 4.69) is 42.2 Å². The molecule has 352 valence electrons. The van der Waals surface area contributed by atoms with Gasteiger partial charge in [0.05, 0.1) is 42.2 Å². The van der Waals surface area contributed by atoms with Crippen LogP contribution in [0.2, 0.25) is 0 Å². The molecule has 9 rings (SSSR count). The minimum atomic E-state index is -3.64. The molecule has 5 aromatic rings. The largest absolute Gasteiger partial charge is 0.493 e. The quantitative estimate of drug-likeness (QED) is 0.131. The molecule has 4 aliphatic heterocycles. The molecule has 3 fully saturated rings. The molecule has 1 atom stereocenters. The number of hydrogen-bond donors (Lipinski definition) is 1. The van der Waals surface area contributed by atoms with E-state index in [-0.39, 0.29) is 30.0 Å². The molecule has 6 heterocycles. The molecule has 3 saturated heterocycles. The number of ether oxygens (including phenoxy) is 3. The summed E-state index contributed by atoms with van der Waals surface area (Å²) >= 11 is 0. The van der Waals surface area contributed by atoms with E-state index in [1.165, 1.54) is 18.1 Å². The number of piperidine rings is 1. The summed E-state index contributed by atoms with van der Waals surface area (Å²) in [7, 11) is -0.322. The van der Waals surface area contributed by atoms with Crippen molar-refractivity contribution in [2.45, 2.75) is 38.6 Å². The Morgan fingerprint density at radius 3 is 2.27 bits per heavy atom. The van der Waals surface area contributed by atoms with E-state index in [9.17, 15) is 27.6 Å². The Labute approximate surface area is 389 Å². The second kappa shape index (κ2) is 18.9. The summed E-state index contributed by atoms with van der Waals surface area (Å²) in [5.74, 6) is 1.90. The first kappa shape index (κ1) is 45.4. The van der Waals surface area contributed by atoms with Crippen molar-refractivity contribution in [1.29, 1.82) is 0 Å². The number of imide groups is 2. The van der Waals surface area contributed by atoms with Gasteiger partial charge in [-0.25, -0.2) is 18.2 Å². The number of benzene rings is 3. The number of methoxy groups -OCH3 is 1. The van der Waals surface area contributed by atoms with Crippen LogP contribution in [0.15, 0.2) is 72.9 Å². The number of sulfone groups is 1. The highest BCUT2D eigenvalue weighted by molar-refractivity contribution is 7.90. The van der Waals surface area contributed by atoms with Crippen LogP contribution in [0.25, 0.3) is 10.9 Å². The number of anilines is 3. The molecule has 1 N–H and O–H groups in total. The van der Waals surface area contributed by atoms with Gasteiger partial charge in [-0.2, -0.15) is 5.10 Å². The van der Waals surface area contributed by atoms with Crippen LogP contribution in [-0.2, 0) is 21.7 Å². The zero-order chi connectivity index (χ0) is 47.0. The average Bonchev–Trinajstić information content (AvgIpc) is 3.78. The second-order valence-corrected chi connectivity index (χ2v) is 19.7. The molecule has 0 aliphatic carbocycles. The topological polar surface area (TPSA) is 189 Å². The molecular weight excluding hydrogens is 879 g/mol. The molecule has 4 aliphatic rings. The van der Waals surface area contributed by atoms with Crippen LogP contribution in [0.4, 0.5) is 22.1 Å². The second-order valence-electron chi connectivity index (χ2n) is 17.5. The summed E-state index contributed by atoms with van der Waals surface area (Å²) in [5, 5.41) is 7.71. The highest BCUT2D eigenvalue weighted by Crippen LogP contribution is 2.39. The summed E-state index contributed by atoms with van der Waals surface area (Å²) in [6.07, 6.45) is 6.14. The minimum absolute atomic E-state index is 0.205. The Kier molecular flexibility index (Phi) is 12.8. The predicted molar refractivity (Wildman–Crippen MR) is 252 cm³/mol. The van der Waals surface area contributed by atoms with Gasteiger partial charge in [0.15, 0.2) is 17.3 Å². The molecule has 0 saturated carbocycles. The number of carbonyl (C=O) groups excluding carboxylic acids is 4. The van der Waals surface area contributed by atoms with Gasteiger partial charge in [0.2, 0.25) is 5.91 Å². The fourth-order valence-corrected chi connectivity index (χ4v) is 10.5. The fourth-order valence-electron chi connectivity index (χ4n) is 9.62. The standard InChI is InChI=1S/C48H55N9O9S/c1-5-65-41-28-32(6-13-40(41)64-3)39(30-67(4,62)63)57-46(59)37-14-19-49-45(43(37)47(57)60)55-26-24-53(25-27-55)20-15-31-16-21-54(22-17-31)33-7-9-34(10-8-33)66-35-11-12-36-38(29-35)52(2)51-44(36)56-23-18-42(58)50-48(56)61/h6-14,19,28-29,31,39H,5,15-18,20-27,30H2,1-4H3,(H,50,58,61)/t39-/m1/s1. The van der Waals surface area contributed by atoms with Crippen molar-refractivity contribution in [3.63, 3.8) is 0 Å². The van der Waals surface area contributed by atoms with Crippen molar-refractivity contribution < 1.29 is 41.8 Å². The number of piperazine rings is 1. The zero-order valence-electron chi connectivity index (χ0n) is 38.1. The van der Waals surface area contributed by atoms with Gasteiger partial charge < -0.3 is 24.0 Å². The first-order valence-corrected chi connectivity index (χ1v) is 24.8. The van der Waals surface area contributed by atoms with Gasteiger partial charge in [-0.3, -0.25) is 39.1 Å². The van der Waals surface area contributed by atoms with Gasteiger partial charge in [0.1, 0.15) is 27.2 Å². The number of urea groups is 1. The van der Waals surface area contributed by atoms with E-state index in [0.717, 1.165) is 79.7 Å². The minimum Gasteiger partial charge on any atom is -0.493 e. The number of fused-ring (bicyclic) bond motifs is 2. The lowest BCUT2D eigenvalue weighted by atomic mass is 9.93. The number of aromatic nitrogens is 3. The van der Waals surface area contributed by atoms with Gasteiger partial charge >= 0.3 is 6.03 Å². The van der Waals surface area contributed by atoms with Crippen LogP contribution in [-0.4, -0.2) is 135 Å². The Balaban J connectivity index is 0.765. The van der Waals surface area contributed by atoms with E-state index in [4.69, 9.17) is 14.2 Å². The molecule has 67 heavy (non-hydrogen) atoms. The first-order chi connectivity index (χ1) is 32.3. The molecule has 0 unspecified atom stereocenters. The predicted octanol–water partition coefficient (Wildman–Crippen LogP) is 5.42. The highest BCUT2D eigenvalue weighted by atomic mass is 32.2. The molecule has 5 amide bonds. The molecule has 2 aromatic heterocycles. The van der Waals surface area contributed by atoms with E-state index in [1.54, 1.807) is 29.1 Å². The normalized spacial score (nSPS) is 17.9. The maximum Gasteiger partial charge on any atom is 0.329 e. The van der Waals surface area contributed by atoms with Crippen LogP contribution < -0.4 is 34.2 Å². The summed E-state index contributed by atoms with van der Waals surface area (Å²) in [4.78, 5) is 66.5. The van der Waals surface area contributed by atoms with Crippen molar-refractivity contribution in [1.82, 2.24) is 29.9 Å². The molecule has 0 spiro atoms. The Bertz CT molecular complexity index is 2820. The number of hydrogen-bond acceptors (Lipinski definition) is 14. The van der Waals surface area contributed by atoms with Crippen LogP contribution in [0.3, 0.4) is 0 Å². The van der Waals surface area contributed by atoms with Gasteiger partial charge in [-0.15, -0.1) is 0 Å². The van der Waals surface area contributed by atoms with Crippen molar-refractivity contribution >= 4 is 61.8 Å². The molecule has 0 bridgehead atoms. The SMILES string of the molecule is CCOc1cc([C@@H](CS(C)(=O)=O)N2C(=O)c3ccnc(N4CCN(CCC5CCN(c6ccc(Oc7ccc8c(N9CCC(=O)NC9=O)nn(C)c8c7)cc6)CC5)CC4)c3C2=O)ccc1OC.